The van der Waals surface area contributed by atoms with Crippen LogP contribution in [0.2, 0.25) is 0 Å². The van der Waals surface area contributed by atoms with Gasteiger partial charge in [-0.25, -0.2) is 4.98 Å². The molecule has 0 aliphatic heterocycles. The maximum absolute atomic E-state index is 11.6. The number of hydrogen-bond donors (Lipinski definition) is 3. The third-order valence-electron chi connectivity index (χ3n) is 2.33. The van der Waals surface area contributed by atoms with Gasteiger partial charge in [0, 0.05) is 11.9 Å². The van der Waals surface area contributed by atoms with Gasteiger partial charge < -0.3 is 16.2 Å². The predicted octanol–water partition coefficient (Wildman–Crippen LogP) is 1.18. The number of carbonyl (C=O) groups is 1. The zero-order valence-corrected chi connectivity index (χ0v) is 11.1. The molecule has 2 heterocycles. The van der Waals surface area contributed by atoms with E-state index < -0.39 is 6.10 Å². The molecule has 0 aliphatic carbocycles. The molecule has 18 heavy (non-hydrogen) atoms. The van der Waals surface area contributed by atoms with E-state index >= 15 is 0 Å². The van der Waals surface area contributed by atoms with Gasteiger partial charge in [0.2, 0.25) is 5.91 Å². The molecule has 0 fully saturated rings. The summed E-state index contributed by atoms with van der Waals surface area (Å²) in [5, 5.41) is 18.4. The number of carbonyl (C=O) groups excluding carboxylic acids is 1. The summed E-state index contributed by atoms with van der Waals surface area (Å²) in [6, 6.07) is 1.84. The lowest BCUT2D eigenvalue weighted by Gasteiger charge is -2.09. The van der Waals surface area contributed by atoms with E-state index in [9.17, 15) is 9.90 Å². The quantitative estimate of drug-likeness (QED) is 0.769. The number of nitrogens with two attached hydrogens (primary N) is 1. The van der Waals surface area contributed by atoms with Crippen molar-refractivity contribution in [3.05, 3.63) is 33.5 Å². The molecule has 1 atom stereocenters. The standard InChI is InChI=1S/C11H13N3O2S2/c12-11-14-8(6-18-11)3-10(16)13-4-9(15)7-1-2-17-5-7/h1-2,5-6,9,15H,3-4H2,(H2,12,14)(H,13,16). The molecule has 0 bridgehead atoms. The Labute approximate surface area is 112 Å². The molecule has 2 aromatic heterocycles. The minimum absolute atomic E-state index is 0.172. The molecule has 0 spiro atoms. The van der Waals surface area contributed by atoms with Gasteiger partial charge in [0.1, 0.15) is 0 Å². The predicted molar refractivity (Wildman–Crippen MR) is 72.5 cm³/mol. The normalized spacial score (nSPS) is 12.3. The molecule has 2 aromatic rings. The van der Waals surface area contributed by atoms with Crippen LogP contribution >= 0.6 is 22.7 Å². The first-order valence-electron chi connectivity index (χ1n) is 5.32. The van der Waals surface area contributed by atoms with Crippen molar-refractivity contribution < 1.29 is 9.90 Å². The van der Waals surface area contributed by atoms with Gasteiger partial charge >= 0.3 is 0 Å². The first-order chi connectivity index (χ1) is 8.65. The van der Waals surface area contributed by atoms with E-state index in [1.165, 1.54) is 22.7 Å². The highest BCUT2D eigenvalue weighted by atomic mass is 32.1. The second-order valence-electron chi connectivity index (χ2n) is 3.73. The molecular formula is C11H13N3O2S2. The Hall–Kier alpha value is -1.44. The first kappa shape index (κ1) is 13.0. The number of amides is 1. The Morgan fingerprint density at radius 2 is 2.39 bits per heavy atom. The maximum Gasteiger partial charge on any atom is 0.226 e. The highest BCUT2D eigenvalue weighted by molar-refractivity contribution is 7.13. The van der Waals surface area contributed by atoms with Gasteiger partial charge in [-0.15, -0.1) is 11.3 Å². The fourth-order valence-electron chi connectivity index (χ4n) is 1.42. The van der Waals surface area contributed by atoms with Crippen LogP contribution in [0.5, 0.6) is 0 Å². The van der Waals surface area contributed by atoms with Crippen LogP contribution in [-0.4, -0.2) is 22.5 Å². The van der Waals surface area contributed by atoms with E-state index in [2.05, 4.69) is 10.3 Å². The Balaban J connectivity index is 1.78. The highest BCUT2D eigenvalue weighted by Gasteiger charge is 2.11. The van der Waals surface area contributed by atoms with Crippen LogP contribution in [-0.2, 0) is 11.2 Å². The lowest BCUT2D eigenvalue weighted by molar-refractivity contribution is -0.120. The van der Waals surface area contributed by atoms with E-state index in [1.807, 2.05) is 16.8 Å². The first-order valence-corrected chi connectivity index (χ1v) is 7.14. The zero-order chi connectivity index (χ0) is 13.0. The SMILES string of the molecule is Nc1nc(CC(=O)NCC(O)c2ccsc2)cs1. The van der Waals surface area contributed by atoms with Crippen molar-refractivity contribution in [3.8, 4) is 0 Å². The zero-order valence-electron chi connectivity index (χ0n) is 9.50. The minimum atomic E-state index is -0.666. The fourth-order valence-corrected chi connectivity index (χ4v) is 2.69. The van der Waals surface area contributed by atoms with Gasteiger partial charge in [0.05, 0.1) is 18.2 Å². The molecule has 0 aliphatic rings. The summed E-state index contributed by atoms with van der Waals surface area (Å²) in [5.74, 6) is -0.172. The number of rotatable bonds is 5. The van der Waals surface area contributed by atoms with E-state index in [0.717, 1.165) is 5.56 Å². The molecular weight excluding hydrogens is 270 g/mol. The van der Waals surface area contributed by atoms with Gasteiger partial charge in [-0.1, -0.05) is 0 Å². The number of anilines is 1. The summed E-state index contributed by atoms with van der Waals surface area (Å²) in [4.78, 5) is 15.6. The summed E-state index contributed by atoms with van der Waals surface area (Å²) in [7, 11) is 0. The number of aliphatic hydroxyl groups is 1. The van der Waals surface area contributed by atoms with E-state index in [4.69, 9.17) is 5.73 Å². The second kappa shape index (κ2) is 5.94. The topological polar surface area (TPSA) is 88.2 Å². The minimum Gasteiger partial charge on any atom is -0.387 e. The second-order valence-corrected chi connectivity index (χ2v) is 5.40. The number of aromatic nitrogens is 1. The third-order valence-corrected chi connectivity index (χ3v) is 3.76. The Morgan fingerprint density at radius 1 is 1.56 bits per heavy atom. The molecule has 1 amide bonds. The van der Waals surface area contributed by atoms with Crippen LogP contribution in [0.15, 0.2) is 22.2 Å². The van der Waals surface area contributed by atoms with E-state index in [0.29, 0.717) is 10.8 Å². The highest BCUT2D eigenvalue weighted by Crippen LogP contribution is 2.15. The maximum atomic E-state index is 11.6. The molecule has 0 saturated heterocycles. The third kappa shape index (κ3) is 3.52. The molecule has 4 N–H and O–H groups in total. The molecule has 5 nitrogen and oxygen atoms in total. The average Bonchev–Trinajstić information content (AvgIpc) is 2.97. The lowest BCUT2D eigenvalue weighted by atomic mass is 10.2. The molecule has 0 saturated carbocycles. The van der Waals surface area contributed by atoms with Gasteiger partial charge in [0.25, 0.3) is 0 Å². The Morgan fingerprint density at radius 3 is 3.00 bits per heavy atom. The van der Waals surface area contributed by atoms with Crippen LogP contribution in [0.25, 0.3) is 0 Å². The van der Waals surface area contributed by atoms with Crippen molar-refractivity contribution in [3.63, 3.8) is 0 Å². The van der Waals surface area contributed by atoms with Gasteiger partial charge in [-0.05, 0) is 22.4 Å². The van der Waals surface area contributed by atoms with E-state index in [-0.39, 0.29) is 18.9 Å². The number of hydrogen-bond acceptors (Lipinski definition) is 6. The summed E-state index contributed by atoms with van der Waals surface area (Å²) >= 11 is 2.82. The van der Waals surface area contributed by atoms with Crippen molar-refractivity contribution in [2.75, 3.05) is 12.3 Å². The van der Waals surface area contributed by atoms with Gasteiger partial charge in [-0.3, -0.25) is 4.79 Å². The fraction of sp³-hybridized carbons (Fsp3) is 0.273. The van der Waals surface area contributed by atoms with Crippen LogP contribution < -0.4 is 11.1 Å². The summed E-state index contributed by atoms with van der Waals surface area (Å²) in [6.45, 7) is 0.204. The van der Waals surface area contributed by atoms with Crippen molar-refractivity contribution in [2.24, 2.45) is 0 Å². The number of thiophene rings is 1. The lowest BCUT2D eigenvalue weighted by Crippen LogP contribution is -2.29. The molecule has 2 rings (SSSR count). The van der Waals surface area contributed by atoms with Crippen molar-refractivity contribution >= 4 is 33.7 Å². The van der Waals surface area contributed by atoms with Crippen molar-refractivity contribution in [2.45, 2.75) is 12.5 Å². The van der Waals surface area contributed by atoms with Crippen molar-refractivity contribution in [1.29, 1.82) is 0 Å². The monoisotopic (exact) mass is 283 g/mol. The van der Waals surface area contributed by atoms with E-state index in [1.54, 1.807) is 5.38 Å². The number of nitrogens with zero attached hydrogens (tertiary/aromatic N) is 1. The van der Waals surface area contributed by atoms with Crippen LogP contribution in [0.3, 0.4) is 0 Å². The molecule has 0 radical (unpaired) electrons. The molecule has 1 unspecified atom stereocenters. The van der Waals surface area contributed by atoms with Crippen LogP contribution in [0, 0.1) is 0 Å². The molecule has 7 heteroatoms. The summed E-state index contributed by atoms with van der Waals surface area (Å²) < 4.78 is 0. The number of thiazole rings is 1. The molecule has 96 valence electrons. The number of nitrogens with one attached hydrogen (secondary N) is 1. The van der Waals surface area contributed by atoms with Crippen LogP contribution in [0.4, 0.5) is 5.13 Å². The number of aliphatic hydroxyl groups excluding tert-OH is 1. The smallest absolute Gasteiger partial charge is 0.226 e. The Bertz CT molecular complexity index is 510. The average molecular weight is 283 g/mol. The summed E-state index contributed by atoms with van der Waals surface area (Å²) in [5.41, 5.74) is 6.95. The molecule has 0 aromatic carbocycles. The Kier molecular flexibility index (Phi) is 4.29. The number of nitrogen functional groups attached to an aromatic ring is 1. The summed E-state index contributed by atoms with van der Waals surface area (Å²) in [6.07, 6.45) is -0.481. The van der Waals surface area contributed by atoms with Crippen LogP contribution in [0.1, 0.15) is 17.4 Å². The van der Waals surface area contributed by atoms with Gasteiger partial charge in [-0.2, -0.15) is 11.3 Å². The van der Waals surface area contributed by atoms with Crippen molar-refractivity contribution in [1.82, 2.24) is 10.3 Å². The van der Waals surface area contributed by atoms with Gasteiger partial charge in [0.15, 0.2) is 5.13 Å². The largest absolute Gasteiger partial charge is 0.387 e.